The summed E-state index contributed by atoms with van der Waals surface area (Å²) in [6.45, 7) is 4.19. The van der Waals surface area contributed by atoms with Crippen molar-refractivity contribution in [2.75, 3.05) is 5.32 Å². The van der Waals surface area contributed by atoms with Crippen LogP contribution in [0.25, 0.3) is 0 Å². The Morgan fingerprint density at radius 3 is 2.38 bits per heavy atom. The molecule has 3 rings (SSSR count). The Hall–Kier alpha value is -3.26. The van der Waals surface area contributed by atoms with Crippen LogP contribution in [0.4, 0.5) is 9.93 Å². The van der Waals surface area contributed by atoms with Crippen LogP contribution in [-0.2, 0) is 13.0 Å². The fourth-order valence-corrected chi connectivity index (χ4v) is 3.35. The summed E-state index contributed by atoms with van der Waals surface area (Å²) < 4.78 is 0. The summed E-state index contributed by atoms with van der Waals surface area (Å²) in [6, 6.07) is 16.9. The van der Waals surface area contributed by atoms with Crippen molar-refractivity contribution in [2.45, 2.75) is 32.9 Å². The smallest absolute Gasteiger partial charge is 0.315 e. The molecule has 0 fully saturated rings. The number of nitrogens with one attached hydrogen (secondary N) is 3. The van der Waals surface area contributed by atoms with E-state index in [2.05, 4.69) is 26.1 Å². The number of rotatable bonds is 7. The molecule has 0 aliphatic rings. The van der Waals surface area contributed by atoms with Crippen molar-refractivity contribution in [1.29, 1.82) is 0 Å². The van der Waals surface area contributed by atoms with Crippen molar-refractivity contribution in [1.82, 2.24) is 20.8 Å². The lowest BCUT2D eigenvalue weighted by Gasteiger charge is -2.10. The second kappa shape index (κ2) is 9.79. The summed E-state index contributed by atoms with van der Waals surface area (Å²) in [7, 11) is 0. The molecule has 29 heavy (non-hydrogen) atoms. The molecule has 2 aromatic carbocycles. The highest BCUT2D eigenvalue weighted by Crippen LogP contribution is 2.19. The normalized spacial score (nSPS) is 10.6. The van der Waals surface area contributed by atoms with Gasteiger partial charge in [0.25, 0.3) is 5.91 Å². The minimum atomic E-state index is -0.246. The van der Waals surface area contributed by atoms with Gasteiger partial charge in [-0.05, 0) is 37.1 Å². The van der Waals surface area contributed by atoms with E-state index in [1.165, 1.54) is 11.3 Å². The number of carbonyl (C=O) groups is 2. The molecule has 0 saturated heterocycles. The molecule has 0 radical (unpaired) electrons. The summed E-state index contributed by atoms with van der Waals surface area (Å²) in [4.78, 5) is 24.1. The first-order valence-corrected chi connectivity index (χ1v) is 10.1. The quantitative estimate of drug-likeness (QED) is 0.556. The van der Waals surface area contributed by atoms with Crippen molar-refractivity contribution >= 4 is 28.4 Å². The van der Waals surface area contributed by atoms with E-state index in [0.29, 0.717) is 23.7 Å². The first kappa shape index (κ1) is 20.5. The van der Waals surface area contributed by atoms with Crippen LogP contribution in [0.3, 0.4) is 0 Å². The summed E-state index contributed by atoms with van der Waals surface area (Å²) in [5.41, 5.74) is 2.56. The molecule has 0 aliphatic carbocycles. The van der Waals surface area contributed by atoms with Gasteiger partial charge >= 0.3 is 6.03 Å². The Bertz CT molecular complexity index is 955. The molecule has 0 atom stereocenters. The first-order valence-electron chi connectivity index (χ1n) is 9.30. The van der Waals surface area contributed by atoms with Gasteiger partial charge in [-0.3, -0.25) is 10.1 Å². The summed E-state index contributed by atoms with van der Waals surface area (Å²) in [5, 5.41) is 17.8. The van der Waals surface area contributed by atoms with Crippen LogP contribution >= 0.6 is 11.3 Å². The van der Waals surface area contributed by atoms with E-state index in [4.69, 9.17) is 0 Å². The van der Waals surface area contributed by atoms with Crippen molar-refractivity contribution in [3.05, 3.63) is 76.3 Å². The van der Waals surface area contributed by atoms with E-state index < -0.39 is 0 Å². The maximum atomic E-state index is 12.4. The van der Waals surface area contributed by atoms with E-state index in [1.807, 2.05) is 56.3 Å². The number of hydrogen-bond acceptors (Lipinski definition) is 5. The Kier molecular flexibility index (Phi) is 6.91. The van der Waals surface area contributed by atoms with Crippen LogP contribution in [0.1, 0.15) is 40.3 Å². The molecule has 150 valence electrons. The van der Waals surface area contributed by atoms with Gasteiger partial charge in [0.15, 0.2) is 0 Å². The molecule has 0 aliphatic heterocycles. The van der Waals surface area contributed by atoms with Gasteiger partial charge in [0, 0.05) is 24.6 Å². The molecule has 0 unspecified atom stereocenters. The molecule has 0 spiro atoms. The molecule has 8 heteroatoms. The lowest BCUT2D eigenvalue weighted by Crippen LogP contribution is -2.39. The van der Waals surface area contributed by atoms with Crippen LogP contribution in [0.5, 0.6) is 0 Å². The van der Waals surface area contributed by atoms with Crippen molar-refractivity contribution < 1.29 is 9.59 Å². The highest BCUT2D eigenvalue weighted by atomic mass is 32.1. The van der Waals surface area contributed by atoms with Crippen LogP contribution in [0.15, 0.2) is 54.6 Å². The van der Waals surface area contributed by atoms with E-state index >= 15 is 0 Å². The maximum Gasteiger partial charge on any atom is 0.315 e. The van der Waals surface area contributed by atoms with Crippen LogP contribution in [0.2, 0.25) is 0 Å². The third-order valence-corrected chi connectivity index (χ3v) is 4.81. The largest absolute Gasteiger partial charge is 0.336 e. The van der Waals surface area contributed by atoms with Gasteiger partial charge in [0.05, 0.1) is 0 Å². The SMILES string of the molecule is CC(C)NC(=O)NCc1ccc(C(=O)Nc2nnc(Cc3ccccc3)s2)cc1. The Balaban J connectivity index is 1.52. The van der Waals surface area contributed by atoms with Crippen LogP contribution < -0.4 is 16.0 Å². The zero-order valence-corrected chi connectivity index (χ0v) is 17.1. The minimum Gasteiger partial charge on any atom is -0.336 e. The van der Waals surface area contributed by atoms with Gasteiger partial charge in [-0.1, -0.05) is 53.8 Å². The van der Waals surface area contributed by atoms with Gasteiger partial charge in [0.2, 0.25) is 5.13 Å². The average molecular weight is 410 g/mol. The lowest BCUT2D eigenvalue weighted by molar-refractivity contribution is 0.102. The molecule has 7 nitrogen and oxygen atoms in total. The van der Waals surface area contributed by atoms with E-state index in [-0.39, 0.29) is 18.0 Å². The fourth-order valence-electron chi connectivity index (χ4n) is 2.58. The molecule has 0 bridgehead atoms. The van der Waals surface area contributed by atoms with Gasteiger partial charge < -0.3 is 10.6 Å². The van der Waals surface area contributed by atoms with Crippen LogP contribution in [-0.4, -0.2) is 28.2 Å². The predicted molar refractivity (Wildman–Crippen MR) is 114 cm³/mol. The monoisotopic (exact) mass is 409 g/mol. The van der Waals surface area contributed by atoms with Gasteiger partial charge in [-0.2, -0.15) is 0 Å². The topological polar surface area (TPSA) is 96.0 Å². The number of aromatic nitrogens is 2. The Morgan fingerprint density at radius 2 is 1.69 bits per heavy atom. The van der Waals surface area contributed by atoms with Gasteiger partial charge in [-0.25, -0.2) is 4.79 Å². The number of nitrogens with zero attached hydrogens (tertiary/aromatic N) is 2. The van der Waals surface area contributed by atoms with Crippen molar-refractivity contribution in [3.63, 3.8) is 0 Å². The summed E-state index contributed by atoms with van der Waals surface area (Å²) in [6.07, 6.45) is 0.681. The number of carbonyl (C=O) groups excluding carboxylic acids is 2. The fraction of sp³-hybridized carbons (Fsp3) is 0.238. The van der Waals surface area contributed by atoms with Gasteiger partial charge in [-0.15, -0.1) is 10.2 Å². The molecule has 1 heterocycles. The molecular weight excluding hydrogens is 386 g/mol. The Morgan fingerprint density at radius 1 is 0.966 bits per heavy atom. The number of urea groups is 1. The molecule has 3 N–H and O–H groups in total. The number of benzene rings is 2. The highest BCUT2D eigenvalue weighted by Gasteiger charge is 2.11. The first-order chi connectivity index (χ1) is 14.0. The highest BCUT2D eigenvalue weighted by molar-refractivity contribution is 7.15. The van der Waals surface area contributed by atoms with Crippen LogP contribution in [0, 0.1) is 0 Å². The predicted octanol–water partition coefficient (Wildman–Crippen LogP) is 3.59. The number of hydrogen-bond donors (Lipinski definition) is 3. The van der Waals surface area contributed by atoms with E-state index in [9.17, 15) is 9.59 Å². The molecule has 0 saturated carbocycles. The molecule has 3 amide bonds. The van der Waals surface area contributed by atoms with Crippen molar-refractivity contribution in [3.8, 4) is 0 Å². The number of anilines is 1. The molecular formula is C21H23N5O2S. The minimum absolute atomic E-state index is 0.0784. The summed E-state index contributed by atoms with van der Waals surface area (Å²) in [5.74, 6) is -0.246. The van der Waals surface area contributed by atoms with E-state index in [0.717, 1.165) is 16.1 Å². The standard InChI is InChI=1S/C21H23N5O2S/c1-14(2)23-20(28)22-13-16-8-10-17(11-9-16)19(27)24-21-26-25-18(29-21)12-15-6-4-3-5-7-15/h3-11,14H,12-13H2,1-2H3,(H2,22,23,28)(H,24,26,27). The second-order valence-electron chi connectivity index (χ2n) is 6.80. The number of amides is 3. The molecule has 3 aromatic rings. The van der Waals surface area contributed by atoms with Gasteiger partial charge in [0.1, 0.15) is 5.01 Å². The Labute approximate surface area is 173 Å². The average Bonchev–Trinajstić information content (AvgIpc) is 3.13. The zero-order chi connectivity index (χ0) is 20.6. The summed E-state index contributed by atoms with van der Waals surface area (Å²) >= 11 is 1.36. The van der Waals surface area contributed by atoms with E-state index in [1.54, 1.807) is 12.1 Å². The third-order valence-electron chi connectivity index (χ3n) is 3.97. The maximum absolute atomic E-state index is 12.4. The second-order valence-corrected chi connectivity index (χ2v) is 7.86. The lowest BCUT2D eigenvalue weighted by atomic mass is 10.1. The zero-order valence-electron chi connectivity index (χ0n) is 16.3. The third kappa shape index (κ3) is 6.39. The molecule has 1 aromatic heterocycles. The van der Waals surface area contributed by atoms with Crippen molar-refractivity contribution in [2.24, 2.45) is 0 Å².